The molecule has 0 rings (SSSR count). The first-order chi connectivity index (χ1) is 5.00. The van der Waals surface area contributed by atoms with E-state index in [-0.39, 0.29) is 5.92 Å². The molecule has 1 nitrogen and oxygen atoms in total. The summed E-state index contributed by atoms with van der Waals surface area (Å²) in [6, 6.07) is 0. The summed E-state index contributed by atoms with van der Waals surface area (Å²) in [5.41, 5.74) is 2.56. The molecular weight excluding hydrogens is 134 g/mol. The number of allylic oxidation sites excluding steroid dienone is 2. The SMILES string of the molecule is C=C(C)C(=N)C(C)C(=C)CC. The smallest absolute Gasteiger partial charge is 0.0405 e. The molecule has 1 heteroatoms. The molecule has 62 valence electrons. The molecule has 0 fully saturated rings. The summed E-state index contributed by atoms with van der Waals surface area (Å²) in [5.74, 6) is 0.164. The van der Waals surface area contributed by atoms with Gasteiger partial charge < -0.3 is 5.41 Å². The van der Waals surface area contributed by atoms with Crippen LogP contribution in [0, 0.1) is 11.3 Å². The van der Waals surface area contributed by atoms with Gasteiger partial charge in [0.1, 0.15) is 0 Å². The summed E-state index contributed by atoms with van der Waals surface area (Å²) in [5, 5.41) is 7.62. The summed E-state index contributed by atoms with van der Waals surface area (Å²) in [6.07, 6.45) is 0.941. The van der Waals surface area contributed by atoms with Crippen LogP contribution < -0.4 is 0 Å². The normalized spacial score (nSPS) is 12.3. The third kappa shape index (κ3) is 2.71. The van der Waals surface area contributed by atoms with Gasteiger partial charge in [-0.05, 0) is 18.9 Å². The summed E-state index contributed by atoms with van der Waals surface area (Å²) in [7, 11) is 0. The van der Waals surface area contributed by atoms with Crippen LogP contribution in [-0.4, -0.2) is 5.71 Å². The second kappa shape index (κ2) is 4.12. The number of nitrogens with one attached hydrogen (secondary N) is 1. The van der Waals surface area contributed by atoms with E-state index in [1.807, 2.05) is 13.8 Å². The van der Waals surface area contributed by atoms with Crippen LogP contribution in [0.3, 0.4) is 0 Å². The molecule has 0 aliphatic carbocycles. The lowest BCUT2D eigenvalue weighted by atomic mass is 9.92. The molecule has 1 N–H and O–H groups in total. The van der Waals surface area contributed by atoms with Gasteiger partial charge in [-0.3, -0.25) is 0 Å². The molecule has 0 spiro atoms. The van der Waals surface area contributed by atoms with Gasteiger partial charge >= 0.3 is 0 Å². The Bertz CT molecular complexity index is 189. The zero-order valence-electron chi connectivity index (χ0n) is 7.70. The van der Waals surface area contributed by atoms with E-state index in [0.29, 0.717) is 5.71 Å². The topological polar surface area (TPSA) is 23.9 Å². The monoisotopic (exact) mass is 151 g/mol. The van der Waals surface area contributed by atoms with Crippen molar-refractivity contribution in [3.63, 3.8) is 0 Å². The van der Waals surface area contributed by atoms with Gasteiger partial charge in [0.05, 0.1) is 0 Å². The second-order valence-electron chi connectivity index (χ2n) is 2.93. The van der Waals surface area contributed by atoms with Gasteiger partial charge in [-0.2, -0.15) is 0 Å². The minimum atomic E-state index is 0.164. The lowest BCUT2D eigenvalue weighted by Crippen LogP contribution is -2.12. The Balaban J connectivity index is 4.25. The number of rotatable bonds is 4. The first kappa shape index (κ1) is 10.2. The third-order valence-electron chi connectivity index (χ3n) is 1.96. The second-order valence-corrected chi connectivity index (χ2v) is 2.93. The van der Waals surface area contributed by atoms with Crippen LogP contribution in [0.2, 0.25) is 0 Å². The molecule has 11 heavy (non-hydrogen) atoms. The van der Waals surface area contributed by atoms with Crippen molar-refractivity contribution in [3.05, 3.63) is 24.3 Å². The number of hydrogen-bond acceptors (Lipinski definition) is 1. The Kier molecular flexibility index (Phi) is 3.80. The molecule has 0 heterocycles. The van der Waals surface area contributed by atoms with Gasteiger partial charge in [-0.1, -0.05) is 32.6 Å². The lowest BCUT2D eigenvalue weighted by Gasteiger charge is -2.14. The van der Waals surface area contributed by atoms with Crippen LogP contribution in [0.15, 0.2) is 24.3 Å². The standard InChI is InChI=1S/C10H17N/c1-6-8(4)9(5)10(11)7(2)3/h9,11H,2,4,6H2,1,3,5H3. The van der Waals surface area contributed by atoms with Gasteiger partial charge in [0.2, 0.25) is 0 Å². The molecule has 0 aromatic rings. The largest absolute Gasteiger partial charge is 0.304 e. The molecular formula is C10H17N. The van der Waals surface area contributed by atoms with E-state index in [1.165, 1.54) is 0 Å². The molecule has 0 bridgehead atoms. The van der Waals surface area contributed by atoms with E-state index >= 15 is 0 Å². The Hall–Kier alpha value is -0.850. The van der Waals surface area contributed by atoms with Gasteiger partial charge in [0, 0.05) is 11.6 Å². The fraction of sp³-hybridized carbons (Fsp3) is 0.500. The molecule has 0 saturated carbocycles. The summed E-state index contributed by atoms with van der Waals surface area (Å²) in [4.78, 5) is 0. The number of hydrogen-bond donors (Lipinski definition) is 1. The van der Waals surface area contributed by atoms with Crippen LogP contribution in [0.1, 0.15) is 27.2 Å². The zero-order chi connectivity index (χ0) is 9.02. The molecule has 0 amide bonds. The van der Waals surface area contributed by atoms with E-state index in [4.69, 9.17) is 5.41 Å². The minimum Gasteiger partial charge on any atom is -0.304 e. The highest BCUT2D eigenvalue weighted by Gasteiger charge is 2.10. The molecule has 1 atom stereocenters. The fourth-order valence-electron chi connectivity index (χ4n) is 0.880. The molecule has 0 aromatic carbocycles. The lowest BCUT2D eigenvalue weighted by molar-refractivity contribution is 0.849. The van der Waals surface area contributed by atoms with Crippen LogP contribution in [-0.2, 0) is 0 Å². The zero-order valence-corrected chi connectivity index (χ0v) is 7.70. The summed E-state index contributed by atoms with van der Waals surface area (Å²) in [6.45, 7) is 13.5. The Morgan fingerprint density at radius 2 is 1.91 bits per heavy atom. The molecule has 0 saturated heterocycles. The van der Waals surface area contributed by atoms with Gasteiger partial charge in [0.15, 0.2) is 0 Å². The van der Waals surface area contributed by atoms with Crippen molar-refractivity contribution in [1.29, 1.82) is 5.41 Å². The first-order valence-electron chi connectivity index (χ1n) is 3.92. The highest BCUT2D eigenvalue weighted by Crippen LogP contribution is 2.15. The highest BCUT2D eigenvalue weighted by molar-refractivity contribution is 5.99. The van der Waals surface area contributed by atoms with E-state index in [0.717, 1.165) is 17.6 Å². The van der Waals surface area contributed by atoms with Crippen LogP contribution in [0.5, 0.6) is 0 Å². The first-order valence-corrected chi connectivity index (χ1v) is 3.92. The van der Waals surface area contributed by atoms with Gasteiger partial charge in [0.25, 0.3) is 0 Å². The third-order valence-corrected chi connectivity index (χ3v) is 1.96. The van der Waals surface area contributed by atoms with Crippen molar-refractivity contribution in [3.8, 4) is 0 Å². The Morgan fingerprint density at radius 3 is 2.18 bits per heavy atom. The van der Waals surface area contributed by atoms with Gasteiger partial charge in [-0.25, -0.2) is 0 Å². The molecule has 0 aliphatic rings. The highest BCUT2D eigenvalue weighted by atomic mass is 14.4. The van der Waals surface area contributed by atoms with Crippen LogP contribution in [0.25, 0.3) is 0 Å². The summed E-state index contributed by atoms with van der Waals surface area (Å²) < 4.78 is 0. The minimum absolute atomic E-state index is 0.164. The van der Waals surface area contributed by atoms with Crippen molar-refractivity contribution in [2.45, 2.75) is 27.2 Å². The van der Waals surface area contributed by atoms with E-state index in [2.05, 4.69) is 20.1 Å². The van der Waals surface area contributed by atoms with E-state index in [9.17, 15) is 0 Å². The van der Waals surface area contributed by atoms with Crippen LogP contribution in [0.4, 0.5) is 0 Å². The van der Waals surface area contributed by atoms with Crippen molar-refractivity contribution >= 4 is 5.71 Å². The van der Waals surface area contributed by atoms with Crippen molar-refractivity contribution < 1.29 is 0 Å². The molecule has 0 aromatic heterocycles. The van der Waals surface area contributed by atoms with Crippen LogP contribution >= 0.6 is 0 Å². The molecule has 0 radical (unpaired) electrons. The Labute approximate surface area is 69.3 Å². The van der Waals surface area contributed by atoms with Gasteiger partial charge in [-0.15, -0.1) is 0 Å². The average molecular weight is 151 g/mol. The average Bonchev–Trinajstić information content (AvgIpc) is 2.00. The maximum atomic E-state index is 7.62. The summed E-state index contributed by atoms with van der Waals surface area (Å²) >= 11 is 0. The predicted octanol–water partition coefficient (Wildman–Crippen LogP) is 3.18. The van der Waals surface area contributed by atoms with E-state index < -0.39 is 0 Å². The maximum absolute atomic E-state index is 7.62. The quantitative estimate of drug-likeness (QED) is 0.471. The van der Waals surface area contributed by atoms with Crippen molar-refractivity contribution in [2.75, 3.05) is 0 Å². The van der Waals surface area contributed by atoms with E-state index in [1.54, 1.807) is 0 Å². The molecule has 0 aliphatic heterocycles. The van der Waals surface area contributed by atoms with Crippen molar-refractivity contribution in [2.24, 2.45) is 5.92 Å². The predicted molar refractivity (Wildman–Crippen MR) is 51.1 cm³/mol. The maximum Gasteiger partial charge on any atom is 0.0405 e. The van der Waals surface area contributed by atoms with Crippen molar-refractivity contribution in [1.82, 2.24) is 0 Å². The molecule has 1 unspecified atom stereocenters. The fourth-order valence-corrected chi connectivity index (χ4v) is 0.880. The Morgan fingerprint density at radius 1 is 1.45 bits per heavy atom.